The van der Waals surface area contributed by atoms with Gasteiger partial charge in [-0.2, -0.15) is 0 Å². The highest BCUT2D eigenvalue weighted by Gasteiger charge is 2.21. The van der Waals surface area contributed by atoms with Crippen molar-refractivity contribution in [3.63, 3.8) is 0 Å². The van der Waals surface area contributed by atoms with Crippen LogP contribution in [0.4, 0.5) is 10.5 Å². The lowest BCUT2D eigenvalue weighted by atomic mass is 10.1. The van der Waals surface area contributed by atoms with Crippen molar-refractivity contribution in [3.8, 4) is 0 Å². The Morgan fingerprint density at radius 2 is 2.00 bits per heavy atom. The van der Waals surface area contributed by atoms with Crippen LogP contribution in [0, 0.1) is 0 Å². The third-order valence-corrected chi connectivity index (χ3v) is 3.76. The first-order valence-corrected chi connectivity index (χ1v) is 8.08. The highest BCUT2D eigenvalue weighted by Crippen LogP contribution is 2.12. The van der Waals surface area contributed by atoms with Gasteiger partial charge in [-0.25, -0.2) is 4.79 Å². The van der Waals surface area contributed by atoms with Crippen LogP contribution >= 0.6 is 0 Å². The van der Waals surface area contributed by atoms with E-state index in [1.165, 1.54) is 7.11 Å². The Balaban J connectivity index is 1.82. The van der Waals surface area contributed by atoms with E-state index >= 15 is 0 Å². The predicted octanol–water partition coefficient (Wildman–Crippen LogP) is 0.771. The van der Waals surface area contributed by atoms with Crippen molar-refractivity contribution in [2.24, 2.45) is 0 Å². The number of anilines is 1. The number of methoxy groups -OCH3 is 1. The average molecular weight is 349 g/mol. The SMILES string of the molecule is COC(=O)CNC(=O)Cc1ccc(NC(=O)N2CCO[C@H](C)C2)cc1. The van der Waals surface area contributed by atoms with Crippen LogP contribution in [0.3, 0.4) is 0 Å². The van der Waals surface area contributed by atoms with Crippen LogP contribution in [0.5, 0.6) is 0 Å². The fourth-order valence-electron chi connectivity index (χ4n) is 2.40. The third kappa shape index (κ3) is 6.07. The van der Waals surface area contributed by atoms with E-state index in [0.717, 1.165) is 5.56 Å². The number of nitrogens with one attached hydrogen (secondary N) is 2. The molecule has 0 unspecified atom stereocenters. The monoisotopic (exact) mass is 349 g/mol. The summed E-state index contributed by atoms with van der Waals surface area (Å²) in [5.41, 5.74) is 1.43. The van der Waals surface area contributed by atoms with Crippen LogP contribution < -0.4 is 10.6 Å². The Morgan fingerprint density at radius 1 is 1.28 bits per heavy atom. The lowest BCUT2D eigenvalue weighted by molar-refractivity contribution is -0.141. The van der Waals surface area contributed by atoms with Gasteiger partial charge in [0.15, 0.2) is 0 Å². The van der Waals surface area contributed by atoms with Gasteiger partial charge in [0.05, 0.1) is 26.2 Å². The zero-order valence-electron chi connectivity index (χ0n) is 14.4. The number of ether oxygens (including phenoxy) is 2. The Bertz CT molecular complexity index is 617. The van der Waals surface area contributed by atoms with Gasteiger partial charge in [-0.1, -0.05) is 12.1 Å². The van der Waals surface area contributed by atoms with Gasteiger partial charge in [0.25, 0.3) is 0 Å². The number of amides is 3. The van der Waals surface area contributed by atoms with Crippen molar-refractivity contribution >= 4 is 23.6 Å². The van der Waals surface area contributed by atoms with E-state index in [1.54, 1.807) is 29.2 Å². The summed E-state index contributed by atoms with van der Waals surface area (Å²) in [6, 6.07) is 6.83. The lowest BCUT2D eigenvalue weighted by Gasteiger charge is -2.31. The summed E-state index contributed by atoms with van der Waals surface area (Å²) in [6.45, 7) is 3.44. The molecule has 3 amide bonds. The fraction of sp³-hybridized carbons (Fsp3) is 0.471. The zero-order valence-corrected chi connectivity index (χ0v) is 14.4. The molecule has 1 aliphatic rings. The van der Waals surface area contributed by atoms with E-state index in [4.69, 9.17) is 4.74 Å². The average Bonchev–Trinajstić information content (AvgIpc) is 2.61. The molecule has 1 aromatic carbocycles. The summed E-state index contributed by atoms with van der Waals surface area (Å²) >= 11 is 0. The molecule has 0 aliphatic carbocycles. The Morgan fingerprint density at radius 3 is 2.64 bits per heavy atom. The second-order valence-corrected chi connectivity index (χ2v) is 5.78. The van der Waals surface area contributed by atoms with Crippen molar-refractivity contribution in [3.05, 3.63) is 29.8 Å². The number of nitrogens with zero attached hydrogens (tertiary/aromatic N) is 1. The van der Waals surface area contributed by atoms with Gasteiger partial charge in [-0.05, 0) is 24.6 Å². The molecule has 0 bridgehead atoms. The van der Waals surface area contributed by atoms with Gasteiger partial charge < -0.3 is 25.0 Å². The van der Waals surface area contributed by atoms with Crippen LogP contribution in [-0.4, -0.2) is 62.3 Å². The molecule has 1 saturated heterocycles. The molecular formula is C17H23N3O5. The minimum Gasteiger partial charge on any atom is -0.468 e. The van der Waals surface area contributed by atoms with Crippen LogP contribution in [0.25, 0.3) is 0 Å². The summed E-state index contributed by atoms with van der Waals surface area (Å²) in [7, 11) is 1.26. The van der Waals surface area contributed by atoms with Crippen molar-refractivity contribution in [2.45, 2.75) is 19.4 Å². The molecule has 0 radical (unpaired) electrons. The van der Waals surface area contributed by atoms with Crippen LogP contribution in [0.2, 0.25) is 0 Å². The molecule has 1 aromatic rings. The van der Waals surface area contributed by atoms with E-state index < -0.39 is 5.97 Å². The van der Waals surface area contributed by atoms with Gasteiger partial charge in [0.1, 0.15) is 6.54 Å². The van der Waals surface area contributed by atoms with Gasteiger partial charge >= 0.3 is 12.0 Å². The molecule has 25 heavy (non-hydrogen) atoms. The van der Waals surface area contributed by atoms with Crippen LogP contribution in [-0.2, 0) is 25.5 Å². The van der Waals surface area contributed by atoms with E-state index in [1.807, 2.05) is 6.92 Å². The first kappa shape index (κ1) is 18.7. The Kier molecular flexibility index (Phi) is 6.76. The number of morpholine rings is 1. The summed E-state index contributed by atoms with van der Waals surface area (Å²) < 4.78 is 9.87. The highest BCUT2D eigenvalue weighted by atomic mass is 16.5. The number of urea groups is 1. The molecule has 0 aromatic heterocycles. The minimum absolute atomic E-state index is 0.0328. The molecule has 1 aliphatic heterocycles. The zero-order chi connectivity index (χ0) is 18.2. The Hall–Kier alpha value is -2.61. The van der Waals surface area contributed by atoms with E-state index in [0.29, 0.717) is 25.4 Å². The maximum Gasteiger partial charge on any atom is 0.325 e. The molecule has 2 N–H and O–H groups in total. The number of esters is 1. The molecule has 0 saturated carbocycles. The molecule has 1 heterocycles. The summed E-state index contributed by atoms with van der Waals surface area (Å²) in [5, 5.41) is 5.30. The quantitative estimate of drug-likeness (QED) is 0.766. The second-order valence-electron chi connectivity index (χ2n) is 5.78. The molecule has 8 nitrogen and oxygen atoms in total. The minimum atomic E-state index is -0.496. The van der Waals surface area contributed by atoms with Crippen LogP contribution in [0.15, 0.2) is 24.3 Å². The number of carbonyl (C=O) groups is 3. The highest BCUT2D eigenvalue weighted by molar-refractivity contribution is 5.89. The normalized spacial score (nSPS) is 16.9. The van der Waals surface area contributed by atoms with Crippen molar-refractivity contribution in [2.75, 3.05) is 38.7 Å². The first-order valence-electron chi connectivity index (χ1n) is 8.08. The van der Waals surface area contributed by atoms with E-state index in [2.05, 4.69) is 15.4 Å². The van der Waals surface area contributed by atoms with Gasteiger partial charge in [-0.3, -0.25) is 9.59 Å². The van der Waals surface area contributed by atoms with Gasteiger partial charge in [0.2, 0.25) is 5.91 Å². The maximum absolute atomic E-state index is 12.2. The summed E-state index contributed by atoms with van der Waals surface area (Å²) in [4.78, 5) is 36.6. The molecular weight excluding hydrogens is 326 g/mol. The number of hydrogen-bond acceptors (Lipinski definition) is 5. The van der Waals surface area contributed by atoms with Crippen molar-refractivity contribution in [1.29, 1.82) is 0 Å². The fourth-order valence-corrected chi connectivity index (χ4v) is 2.40. The number of rotatable bonds is 5. The van der Waals surface area contributed by atoms with E-state index in [-0.39, 0.29) is 31.0 Å². The summed E-state index contributed by atoms with van der Waals surface area (Å²) in [5.74, 6) is -0.770. The van der Waals surface area contributed by atoms with E-state index in [9.17, 15) is 14.4 Å². The van der Waals surface area contributed by atoms with Crippen LogP contribution in [0.1, 0.15) is 12.5 Å². The molecule has 2 rings (SSSR count). The number of carbonyl (C=O) groups excluding carboxylic acids is 3. The van der Waals surface area contributed by atoms with Crippen molar-refractivity contribution < 1.29 is 23.9 Å². The van der Waals surface area contributed by atoms with Gasteiger partial charge in [-0.15, -0.1) is 0 Å². The standard InChI is InChI=1S/C17H23N3O5/c1-12-11-20(7-8-25-12)17(23)19-14-5-3-13(4-6-14)9-15(21)18-10-16(22)24-2/h3-6,12H,7-11H2,1-2H3,(H,18,21)(H,19,23)/t12-/m1/s1. The first-order chi connectivity index (χ1) is 12.0. The molecule has 8 heteroatoms. The second kappa shape index (κ2) is 9.03. The van der Waals surface area contributed by atoms with Gasteiger partial charge in [0, 0.05) is 18.8 Å². The topological polar surface area (TPSA) is 97.0 Å². The Labute approximate surface area is 146 Å². The summed E-state index contributed by atoms with van der Waals surface area (Å²) in [6.07, 6.45) is 0.178. The predicted molar refractivity (Wildman–Crippen MR) is 91.2 cm³/mol. The third-order valence-electron chi connectivity index (χ3n) is 3.76. The molecule has 1 fully saturated rings. The maximum atomic E-state index is 12.2. The largest absolute Gasteiger partial charge is 0.468 e. The lowest BCUT2D eigenvalue weighted by Crippen LogP contribution is -2.46. The smallest absolute Gasteiger partial charge is 0.325 e. The molecule has 1 atom stereocenters. The van der Waals surface area contributed by atoms with Crippen molar-refractivity contribution in [1.82, 2.24) is 10.2 Å². The number of hydrogen-bond donors (Lipinski definition) is 2. The molecule has 0 spiro atoms. The number of benzene rings is 1. The molecule has 136 valence electrons.